The Morgan fingerprint density at radius 2 is 1.57 bits per heavy atom. The third-order valence-corrected chi connectivity index (χ3v) is 5.58. The van der Waals surface area contributed by atoms with E-state index in [9.17, 15) is 9.59 Å². The SMILES string of the molecule is O=C(CN1CCN(CC(=O)N2CCCC2)CC1)NCc1ccc2c(c1)OCO2. The minimum Gasteiger partial charge on any atom is -0.454 e. The Morgan fingerprint density at radius 1 is 0.893 bits per heavy atom. The van der Waals surface area contributed by atoms with E-state index in [1.54, 1.807) is 0 Å². The van der Waals surface area contributed by atoms with Gasteiger partial charge in [0.15, 0.2) is 11.5 Å². The van der Waals surface area contributed by atoms with Crippen LogP contribution in [0.3, 0.4) is 0 Å². The van der Waals surface area contributed by atoms with E-state index in [2.05, 4.69) is 15.1 Å². The number of carbonyl (C=O) groups is 2. The van der Waals surface area contributed by atoms with Gasteiger partial charge >= 0.3 is 0 Å². The zero-order valence-electron chi connectivity index (χ0n) is 16.2. The van der Waals surface area contributed by atoms with Gasteiger partial charge in [0.2, 0.25) is 18.6 Å². The number of piperazine rings is 1. The van der Waals surface area contributed by atoms with Crippen LogP contribution in [0.5, 0.6) is 11.5 Å². The quantitative estimate of drug-likeness (QED) is 0.754. The summed E-state index contributed by atoms with van der Waals surface area (Å²) < 4.78 is 10.7. The summed E-state index contributed by atoms with van der Waals surface area (Å²) in [5.74, 6) is 1.73. The van der Waals surface area contributed by atoms with Crippen LogP contribution < -0.4 is 14.8 Å². The highest BCUT2D eigenvalue weighted by atomic mass is 16.7. The van der Waals surface area contributed by atoms with Crippen molar-refractivity contribution in [1.29, 1.82) is 0 Å². The third kappa shape index (κ3) is 4.74. The predicted octanol–water partition coefficient (Wildman–Crippen LogP) is 0.272. The summed E-state index contributed by atoms with van der Waals surface area (Å²) in [6.07, 6.45) is 2.25. The van der Waals surface area contributed by atoms with Crippen LogP contribution in [0.2, 0.25) is 0 Å². The lowest BCUT2D eigenvalue weighted by Crippen LogP contribution is -2.51. The summed E-state index contributed by atoms with van der Waals surface area (Å²) in [4.78, 5) is 30.8. The zero-order valence-corrected chi connectivity index (χ0v) is 16.2. The molecular formula is C20H28N4O4. The summed E-state index contributed by atoms with van der Waals surface area (Å²) in [5, 5.41) is 2.97. The molecule has 0 spiro atoms. The normalized spacial score (nSPS) is 19.8. The van der Waals surface area contributed by atoms with Gasteiger partial charge in [-0.2, -0.15) is 0 Å². The zero-order chi connectivity index (χ0) is 19.3. The average molecular weight is 388 g/mol. The van der Waals surface area contributed by atoms with Crippen molar-refractivity contribution < 1.29 is 19.1 Å². The Bertz CT molecular complexity index is 712. The van der Waals surface area contributed by atoms with Gasteiger partial charge in [0.05, 0.1) is 13.1 Å². The Kier molecular flexibility index (Phi) is 5.97. The summed E-state index contributed by atoms with van der Waals surface area (Å²) in [7, 11) is 0. The Morgan fingerprint density at radius 3 is 2.32 bits per heavy atom. The van der Waals surface area contributed by atoms with Gasteiger partial charge < -0.3 is 19.7 Å². The van der Waals surface area contributed by atoms with Crippen LogP contribution >= 0.6 is 0 Å². The van der Waals surface area contributed by atoms with Gasteiger partial charge in [0.25, 0.3) is 0 Å². The van der Waals surface area contributed by atoms with E-state index in [4.69, 9.17) is 9.47 Å². The molecule has 3 aliphatic rings. The molecule has 1 aromatic carbocycles. The Balaban J connectivity index is 1.15. The van der Waals surface area contributed by atoms with Gasteiger partial charge in [-0.3, -0.25) is 19.4 Å². The molecule has 1 N–H and O–H groups in total. The van der Waals surface area contributed by atoms with E-state index in [-0.39, 0.29) is 18.6 Å². The van der Waals surface area contributed by atoms with Gasteiger partial charge in [0, 0.05) is 45.8 Å². The summed E-state index contributed by atoms with van der Waals surface area (Å²) >= 11 is 0. The first-order valence-electron chi connectivity index (χ1n) is 10.0. The van der Waals surface area contributed by atoms with E-state index in [0.29, 0.717) is 19.6 Å². The number of hydrogen-bond acceptors (Lipinski definition) is 6. The lowest BCUT2D eigenvalue weighted by atomic mass is 10.2. The first kappa shape index (κ1) is 19.0. The van der Waals surface area contributed by atoms with Crippen molar-refractivity contribution in [2.24, 2.45) is 0 Å². The Hall–Kier alpha value is -2.32. The van der Waals surface area contributed by atoms with Gasteiger partial charge in [-0.05, 0) is 30.5 Å². The van der Waals surface area contributed by atoms with Crippen molar-refractivity contribution in [3.8, 4) is 11.5 Å². The van der Waals surface area contributed by atoms with Crippen LogP contribution in [0.25, 0.3) is 0 Å². The topological polar surface area (TPSA) is 74.4 Å². The number of carbonyl (C=O) groups excluding carboxylic acids is 2. The molecule has 1 aromatic rings. The molecule has 8 heteroatoms. The minimum absolute atomic E-state index is 0.0132. The van der Waals surface area contributed by atoms with Crippen molar-refractivity contribution >= 4 is 11.8 Å². The molecule has 152 valence electrons. The summed E-state index contributed by atoms with van der Waals surface area (Å²) in [6.45, 7) is 6.70. The van der Waals surface area contributed by atoms with Gasteiger partial charge in [-0.25, -0.2) is 0 Å². The second-order valence-corrected chi connectivity index (χ2v) is 7.60. The number of likely N-dealkylation sites (tertiary alicyclic amines) is 1. The maximum atomic E-state index is 12.3. The largest absolute Gasteiger partial charge is 0.454 e. The van der Waals surface area contributed by atoms with Crippen molar-refractivity contribution in [2.45, 2.75) is 19.4 Å². The van der Waals surface area contributed by atoms with Gasteiger partial charge in [0.1, 0.15) is 0 Å². The van der Waals surface area contributed by atoms with Crippen molar-refractivity contribution in [3.63, 3.8) is 0 Å². The molecule has 0 radical (unpaired) electrons. The lowest BCUT2D eigenvalue weighted by Gasteiger charge is -2.34. The second-order valence-electron chi connectivity index (χ2n) is 7.60. The molecular weight excluding hydrogens is 360 g/mol. The second kappa shape index (κ2) is 8.79. The number of rotatable bonds is 6. The highest BCUT2D eigenvalue weighted by Gasteiger charge is 2.24. The fraction of sp³-hybridized carbons (Fsp3) is 0.600. The number of hydrogen-bond donors (Lipinski definition) is 1. The molecule has 28 heavy (non-hydrogen) atoms. The molecule has 2 amide bonds. The first-order chi connectivity index (χ1) is 13.7. The number of amides is 2. The molecule has 0 saturated carbocycles. The predicted molar refractivity (Wildman–Crippen MR) is 103 cm³/mol. The molecule has 3 heterocycles. The number of ether oxygens (including phenoxy) is 2. The molecule has 4 rings (SSSR count). The van der Waals surface area contributed by atoms with Crippen LogP contribution in [-0.4, -0.2) is 85.7 Å². The molecule has 8 nitrogen and oxygen atoms in total. The number of nitrogens with one attached hydrogen (secondary N) is 1. The lowest BCUT2D eigenvalue weighted by molar-refractivity contribution is -0.132. The highest BCUT2D eigenvalue weighted by Crippen LogP contribution is 2.32. The molecule has 2 fully saturated rings. The molecule has 0 aromatic heterocycles. The van der Waals surface area contributed by atoms with E-state index in [0.717, 1.165) is 69.2 Å². The molecule has 0 aliphatic carbocycles. The van der Waals surface area contributed by atoms with Crippen LogP contribution in [0.15, 0.2) is 18.2 Å². The van der Waals surface area contributed by atoms with Gasteiger partial charge in [-0.15, -0.1) is 0 Å². The van der Waals surface area contributed by atoms with Crippen LogP contribution in [0.4, 0.5) is 0 Å². The number of nitrogens with zero attached hydrogens (tertiary/aromatic N) is 3. The fourth-order valence-corrected chi connectivity index (χ4v) is 3.87. The number of benzene rings is 1. The molecule has 0 atom stereocenters. The third-order valence-electron chi connectivity index (χ3n) is 5.58. The summed E-state index contributed by atoms with van der Waals surface area (Å²) in [6, 6.07) is 5.70. The smallest absolute Gasteiger partial charge is 0.236 e. The van der Waals surface area contributed by atoms with Crippen molar-refractivity contribution in [1.82, 2.24) is 20.0 Å². The molecule has 3 aliphatic heterocycles. The highest BCUT2D eigenvalue weighted by molar-refractivity contribution is 5.79. The molecule has 0 bridgehead atoms. The van der Waals surface area contributed by atoms with Crippen LogP contribution in [0, 0.1) is 0 Å². The number of fused-ring (bicyclic) bond motifs is 1. The van der Waals surface area contributed by atoms with Gasteiger partial charge in [-0.1, -0.05) is 6.07 Å². The monoisotopic (exact) mass is 388 g/mol. The van der Waals surface area contributed by atoms with Crippen LogP contribution in [-0.2, 0) is 16.1 Å². The van der Waals surface area contributed by atoms with E-state index < -0.39 is 0 Å². The Labute approximate surface area is 165 Å². The van der Waals surface area contributed by atoms with Crippen molar-refractivity contribution in [2.75, 3.05) is 59.2 Å². The van der Waals surface area contributed by atoms with Crippen LogP contribution in [0.1, 0.15) is 18.4 Å². The standard InChI is InChI=1S/C20H28N4O4/c25-19(21-12-16-3-4-17-18(11-16)28-15-27-17)13-22-7-9-23(10-8-22)14-20(26)24-5-1-2-6-24/h3-4,11H,1-2,5-10,12-15H2,(H,21,25). The maximum absolute atomic E-state index is 12.3. The molecule has 0 unspecified atom stereocenters. The molecule has 2 saturated heterocycles. The minimum atomic E-state index is 0.0132. The first-order valence-corrected chi connectivity index (χ1v) is 10.0. The van der Waals surface area contributed by atoms with E-state index in [1.807, 2.05) is 23.1 Å². The van der Waals surface area contributed by atoms with Crippen molar-refractivity contribution in [3.05, 3.63) is 23.8 Å². The van der Waals surface area contributed by atoms with E-state index in [1.165, 1.54) is 0 Å². The fourth-order valence-electron chi connectivity index (χ4n) is 3.87. The van der Waals surface area contributed by atoms with E-state index >= 15 is 0 Å². The maximum Gasteiger partial charge on any atom is 0.236 e. The summed E-state index contributed by atoms with van der Waals surface area (Å²) in [5.41, 5.74) is 0.989. The average Bonchev–Trinajstić information content (AvgIpc) is 3.39.